The smallest absolute Gasteiger partial charge is 0.264 e. The Morgan fingerprint density at radius 2 is 1.80 bits per heavy atom. The second-order valence-corrected chi connectivity index (χ2v) is 7.79. The summed E-state index contributed by atoms with van der Waals surface area (Å²) in [6, 6.07) is 13.1. The highest BCUT2D eigenvalue weighted by Gasteiger charge is 2.32. The van der Waals surface area contributed by atoms with Crippen molar-refractivity contribution in [2.24, 2.45) is 0 Å². The summed E-state index contributed by atoms with van der Waals surface area (Å²) in [6.45, 7) is 2.04. The fourth-order valence-electron chi connectivity index (χ4n) is 2.67. The highest BCUT2D eigenvalue weighted by molar-refractivity contribution is 9.10. The van der Waals surface area contributed by atoms with Gasteiger partial charge in [0, 0.05) is 17.4 Å². The number of hydrogen-bond acceptors (Lipinski definition) is 2. The van der Waals surface area contributed by atoms with E-state index in [2.05, 4.69) is 15.9 Å². The summed E-state index contributed by atoms with van der Waals surface area (Å²) in [5, 5.41) is 0. The van der Waals surface area contributed by atoms with Crippen LogP contribution in [0.4, 0.5) is 5.69 Å². The molecule has 1 atom stereocenters. The molecule has 0 bridgehead atoms. The molecule has 1 unspecified atom stereocenters. The minimum absolute atomic E-state index is 0.0361. The first-order chi connectivity index (χ1) is 9.43. The quantitative estimate of drug-likeness (QED) is 0.724. The molecule has 0 aliphatic carbocycles. The molecule has 0 spiro atoms. The average molecular weight is 352 g/mol. The number of halogens is 1. The third-order valence-corrected chi connectivity index (χ3v) is 6.14. The van der Waals surface area contributed by atoms with Crippen LogP contribution < -0.4 is 4.31 Å². The van der Waals surface area contributed by atoms with Gasteiger partial charge >= 0.3 is 0 Å². The fraction of sp³-hybridized carbons (Fsp3) is 0.200. The number of benzene rings is 2. The van der Waals surface area contributed by atoms with Gasteiger partial charge in [0.15, 0.2) is 0 Å². The Morgan fingerprint density at radius 3 is 2.55 bits per heavy atom. The number of anilines is 1. The number of rotatable bonds is 0. The molecule has 2 aromatic carbocycles. The Bertz CT molecular complexity index is 786. The molecule has 3 rings (SSSR count). The predicted octanol–water partition coefficient (Wildman–Crippen LogP) is 3.74. The summed E-state index contributed by atoms with van der Waals surface area (Å²) in [5.74, 6) is 0.0361. The lowest BCUT2D eigenvalue weighted by Crippen LogP contribution is -2.26. The number of nitrogens with zero attached hydrogens (tertiary/aromatic N) is 1. The van der Waals surface area contributed by atoms with E-state index in [1.54, 1.807) is 13.1 Å². The molecule has 0 saturated carbocycles. The van der Waals surface area contributed by atoms with Crippen molar-refractivity contribution < 1.29 is 8.42 Å². The van der Waals surface area contributed by atoms with E-state index >= 15 is 0 Å². The van der Waals surface area contributed by atoms with Crippen LogP contribution in [-0.4, -0.2) is 15.5 Å². The maximum atomic E-state index is 12.8. The number of hydrogen-bond donors (Lipinski definition) is 0. The van der Waals surface area contributed by atoms with Crippen LogP contribution in [0.1, 0.15) is 24.0 Å². The molecule has 1 aliphatic heterocycles. The van der Waals surface area contributed by atoms with Gasteiger partial charge in [-0.05, 0) is 29.3 Å². The van der Waals surface area contributed by atoms with Crippen LogP contribution >= 0.6 is 15.9 Å². The summed E-state index contributed by atoms with van der Waals surface area (Å²) in [4.78, 5) is 0.373. The maximum absolute atomic E-state index is 12.8. The Morgan fingerprint density at radius 1 is 1.10 bits per heavy atom. The van der Waals surface area contributed by atoms with Gasteiger partial charge in [-0.3, -0.25) is 4.31 Å². The summed E-state index contributed by atoms with van der Waals surface area (Å²) in [6.07, 6.45) is 0. The van der Waals surface area contributed by atoms with Crippen molar-refractivity contribution in [1.82, 2.24) is 0 Å². The Labute approximate surface area is 127 Å². The molecule has 0 saturated heterocycles. The third-order valence-electron chi connectivity index (χ3n) is 3.82. The molecule has 0 N–H and O–H groups in total. The first-order valence-electron chi connectivity index (χ1n) is 6.30. The van der Waals surface area contributed by atoms with Gasteiger partial charge in [-0.1, -0.05) is 47.1 Å². The largest absolute Gasteiger partial charge is 0.269 e. The first kappa shape index (κ1) is 13.6. The standard InChI is InChI=1S/C15H14BrNO2S/c1-10-12-5-3-4-6-14(12)17(2)20(18,19)15-9-11(16)7-8-13(10)15/h3-10H,1-2H3. The highest BCUT2D eigenvalue weighted by atomic mass is 79.9. The Hall–Kier alpha value is -1.33. The number of fused-ring (bicyclic) bond motifs is 2. The lowest BCUT2D eigenvalue weighted by atomic mass is 9.92. The third kappa shape index (κ3) is 1.88. The topological polar surface area (TPSA) is 37.4 Å². The van der Waals surface area contributed by atoms with E-state index in [1.807, 2.05) is 43.3 Å². The second-order valence-electron chi connectivity index (χ2n) is 4.94. The van der Waals surface area contributed by atoms with Gasteiger partial charge in [0.05, 0.1) is 10.6 Å². The van der Waals surface area contributed by atoms with Crippen molar-refractivity contribution in [3.05, 3.63) is 58.1 Å². The van der Waals surface area contributed by atoms with Gasteiger partial charge in [0.25, 0.3) is 10.0 Å². The minimum atomic E-state index is -3.52. The highest BCUT2D eigenvalue weighted by Crippen LogP contribution is 2.41. The molecule has 0 radical (unpaired) electrons. The molecular formula is C15H14BrNO2S. The van der Waals surface area contributed by atoms with Crippen molar-refractivity contribution in [3.8, 4) is 0 Å². The minimum Gasteiger partial charge on any atom is -0.269 e. The monoisotopic (exact) mass is 351 g/mol. The maximum Gasteiger partial charge on any atom is 0.264 e. The molecule has 104 valence electrons. The van der Waals surface area contributed by atoms with Gasteiger partial charge in [-0.25, -0.2) is 8.42 Å². The average Bonchev–Trinajstić information content (AvgIpc) is 2.50. The van der Waals surface area contributed by atoms with Gasteiger partial charge in [0.1, 0.15) is 0 Å². The number of para-hydroxylation sites is 1. The van der Waals surface area contributed by atoms with E-state index in [9.17, 15) is 8.42 Å². The predicted molar refractivity (Wildman–Crippen MR) is 83.7 cm³/mol. The van der Waals surface area contributed by atoms with Gasteiger partial charge in [-0.2, -0.15) is 0 Å². The summed E-state index contributed by atoms with van der Waals surface area (Å²) < 4.78 is 27.7. The zero-order valence-corrected chi connectivity index (χ0v) is 13.6. The molecule has 5 heteroatoms. The summed E-state index contributed by atoms with van der Waals surface area (Å²) in [7, 11) is -1.91. The lowest BCUT2D eigenvalue weighted by molar-refractivity contribution is 0.593. The van der Waals surface area contributed by atoms with Crippen LogP contribution in [0.25, 0.3) is 0 Å². The van der Waals surface area contributed by atoms with E-state index in [4.69, 9.17) is 0 Å². The zero-order chi connectivity index (χ0) is 14.5. The van der Waals surface area contributed by atoms with E-state index in [-0.39, 0.29) is 5.92 Å². The SMILES string of the molecule is CC1c2ccccc2N(C)S(=O)(=O)c2cc(Br)ccc21. The van der Waals surface area contributed by atoms with Crippen molar-refractivity contribution >= 4 is 31.6 Å². The van der Waals surface area contributed by atoms with E-state index in [0.29, 0.717) is 4.90 Å². The summed E-state index contributed by atoms with van der Waals surface area (Å²) >= 11 is 3.36. The van der Waals surface area contributed by atoms with E-state index < -0.39 is 10.0 Å². The van der Waals surface area contributed by atoms with Crippen LogP contribution in [0.3, 0.4) is 0 Å². The van der Waals surface area contributed by atoms with Crippen LogP contribution in [0, 0.1) is 0 Å². The second kappa shape index (κ2) is 4.60. The van der Waals surface area contributed by atoms with E-state index in [1.165, 1.54) is 4.31 Å². The molecule has 2 aromatic rings. The molecule has 0 fully saturated rings. The zero-order valence-electron chi connectivity index (χ0n) is 11.2. The van der Waals surface area contributed by atoms with Crippen LogP contribution in [0.15, 0.2) is 51.8 Å². The molecule has 1 aliphatic rings. The molecule has 0 amide bonds. The van der Waals surface area contributed by atoms with Crippen LogP contribution in [0.5, 0.6) is 0 Å². The Kier molecular flexibility index (Phi) is 3.14. The molecule has 0 aromatic heterocycles. The van der Waals surface area contributed by atoms with Gasteiger partial charge in [-0.15, -0.1) is 0 Å². The van der Waals surface area contributed by atoms with Crippen molar-refractivity contribution in [1.29, 1.82) is 0 Å². The summed E-state index contributed by atoms with van der Waals surface area (Å²) in [5.41, 5.74) is 2.61. The first-order valence-corrected chi connectivity index (χ1v) is 8.53. The lowest BCUT2D eigenvalue weighted by Gasteiger charge is -2.19. The molecule has 1 heterocycles. The van der Waals surface area contributed by atoms with E-state index in [0.717, 1.165) is 21.3 Å². The number of sulfonamides is 1. The van der Waals surface area contributed by atoms with Gasteiger partial charge < -0.3 is 0 Å². The fourth-order valence-corrected chi connectivity index (χ4v) is 4.73. The molecule has 3 nitrogen and oxygen atoms in total. The molecular weight excluding hydrogens is 338 g/mol. The van der Waals surface area contributed by atoms with Crippen molar-refractivity contribution in [3.63, 3.8) is 0 Å². The van der Waals surface area contributed by atoms with Crippen molar-refractivity contribution in [2.75, 3.05) is 11.4 Å². The Balaban J connectivity index is 2.41. The normalized spacial score (nSPS) is 19.9. The van der Waals surface area contributed by atoms with Crippen LogP contribution in [0.2, 0.25) is 0 Å². The van der Waals surface area contributed by atoms with Crippen molar-refractivity contribution in [2.45, 2.75) is 17.7 Å². The van der Waals surface area contributed by atoms with Crippen LogP contribution in [-0.2, 0) is 10.0 Å². The molecule has 20 heavy (non-hydrogen) atoms. The van der Waals surface area contributed by atoms with Gasteiger partial charge in [0.2, 0.25) is 0 Å².